The van der Waals surface area contributed by atoms with Crippen LogP contribution in [0.1, 0.15) is 18.4 Å². The highest BCUT2D eigenvalue weighted by Gasteiger charge is 2.09. The zero-order valence-corrected chi connectivity index (χ0v) is 11.5. The molecule has 0 fully saturated rings. The summed E-state index contributed by atoms with van der Waals surface area (Å²) >= 11 is 0. The number of ether oxygens (including phenoxy) is 2. The van der Waals surface area contributed by atoms with Crippen LogP contribution in [0.5, 0.6) is 5.75 Å². The van der Waals surface area contributed by atoms with Crippen LogP contribution >= 0.6 is 0 Å². The molecule has 0 N–H and O–H groups in total. The van der Waals surface area contributed by atoms with Crippen LogP contribution in [0.25, 0.3) is 0 Å². The van der Waals surface area contributed by atoms with E-state index in [1.165, 1.54) is 7.11 Å². The average Bonchev–Trinajstić information content (AvgIpc) is 2.45. The largest absolute Gasteiger partial charge is 0.497 e. The van der Waals surface area contributed by atoms with Crippen LogP contribution in [0.15, 0.2) is 18.2 Å². The molecule has 5 heteroatoms. The first kappa shape index (κ1) is 14.8. The first-order valence-electron chi connectivity index (χ1n) is 5.98. The molecule has 0 aliphatic carbocycles. The van der Waals surface area contributed by atoms with Gasteiger partial charge in [0.25, 0.3) is 0 Å². The highest BCUT2D eigenvalue weighted by molar-refractivity contribution is 5.69. The van der Waals surface area contributed by atoms with Gasteiger partial charge in [-0.05, 0) is 18.6 Å². The SMILES string of the molecule is COC(=O)CCCN(C)c1cc(OC)ccc1C#N. The summed E-state index contributed by atoms with van der Waals surface area (Å²) in [5.74, 6) is 0.480. The summed E-state index contributed by atoms with van der Waals surface area (Å²) in [4.78, 5) is 13.0. The molecule has 0 radical (unpaired) electrons. The molecule has 0 saturated carbocycles. The number of nitrogens with zero attached hydrogens (tertiary/aromatic N) is 2. The van der Waals surface area contributed by atoms with Crippen molar-refractivity contribution in [1.29, 1.82) is 5.26 Å². The van der Waals surface area contributed by atoms with Crippen LogP contribution < -0.4 is 9.64 Å². The molecule has 0 aliphatic heterocycles. The lowest BCUT2D eigenvalue weighted by Crippen LogP contribution is -2.20. The molecule has 102 valence electrons. The van der Waals surface area contributed by atoms with E-state index in [2.05, 4.69) is 10.8 Å². The van der Waals surface area contributed by atoms with Gasteiger partial charge in [0.15, 0.2) is 0 Å². The first-order chi connectivity index (χ1) is 9.12. The maximum Gasteiger partial charge on any atom is 0.305 e. The molecule has 0 aromatic heterocycles. The monoisotopic (exact) mass is 262 g/mol. The van der Waals surface area contributed by atoms with Gasteiger partial charge in [-0.2, -0.15) is 5.26 Å². The number of hydrogen-bond acceptors (Lipinski definition) is 5. The number of methoxy groups -OCH3 is 2. The van der Waals surface area contributed by atoms with Crippen molar-refractivity contribution in [2.45, 2.75) is 12.8 Å². The van der Waals surface area contributed by atoms with Crippen molar-refractivity contribution in [3.05, 3.63) is 23.8 Å². The standard InChI is InChI=1S/C14H18N2O3/c1-16(8-4-5-14(17)19-3)13-9-12(18-2)7-6-11(13)10-15/h6-7,9H,4-5,8H2,1-3H3. The molecule has 19 heavy (non-hydrogen) atoms. The number of esters is 1. The highest BCUT2D eigenvalue weighted by Crippen LogP contribution is 2.25. The number of rotatable bonds is 6. The van der Waals surface area contributed by atoms with Crippen LogP contribution in [0.3, 0.4) is 0 Å². The summed E-state index contributed by atoms with van der Waals surface area (Å²) < 4.78 is 9.74. The van der Waals surface area contributed by atoms with E-state index in [4.69, 9.17) is 10.00 Å². The molecule has 0 saturated heterocycles. The lowest BCUT2D eigenvalue weighted by atomic mass is 10.1. The Kier molecular flexibility index (Phi) is 5.68. The molecular weight excluding hydrogens is 244 g/mol. The molecule has 0 atom stereocenters. The Balaban J connectivity index is 2.72. The summed E-state index contributed by atoms with van der Waals surface area (Å²) in [6.45, 7) is 0.664. The number of nitriles is 1. The fourth-order valence-corrected chi connectivity index (χ4v) is 1.73. The first-order valence-corrected chi connectivity index (χ1v) is 5.98. The van der Waals surface area contributed by atoms with Gasteiger partial charge in [0.1, 0.15) is 11.8 Å². The van der Waals surface area contributed by atoms with E-state index in [0.717, 1.165) is 5.69 Å². The quantitative estimate of drug-likeness (QED) is 0.733. The molecule has 0 heterocycles. The van der Waals surface area contributed by atoms with Gasteiger partial charge in [0, 0.05) is 26.1 Å². The van der Waals surface area contributed by atoms with Gasteiger partial charge in [0.05, 0.1) is 25.5 Å². The van der Waals surface area contributed by atoms with E-state index in [0.29, 0.717) is 30.7 Å². The van der Waals surface area contributed by atoms with E-state index in [1.807, 2.05) is 18.0 Å². The molecule has 5 nitrogen and oxygen atoms in total. The third-order valence-corrected chi connectivity index (χ3v) is 2.84. The van der Waals surface area contributed by atoms with Crippen LogP contribution in [-0.4, -0.2) is 33.8 Å². The summed E-state index contributed by atoms with van der Waals surface area (Å²) in [5.41, 5.74) is 1.38. The fourth-order valence-electron chi connectivity index (χ4n) is 1.73. The van der Waals surface area contributed by atoms with Crippen molar-refractivity contribution in [3.8, 4) is 11.8 Å². The van der Waals surface area contributed by atoms with E-state index in [-0.39, 0.29) is 5.97 Å². The number of benzene rings is 1. The second-order valence-electron chi connectivity index (χ2n) is 4.10. The van der Waals surface area contributed by atoms with Crippen molar-refractivity contribution in [1.82, 2.24) is 0 Å². The summed E-state index contributed by atoms with van der Waals surface area (Å²) in [6, 6.07) is 7.45. The number of anilines is 1. The zero-order chi connectivity index (χ0) is 14.3. The van der Waals surface area contributed by atoms with Gasteiger partial charge in [-0.15, -0.1) is 0 Å². The number of carbonyl (C=O) groups is 1. The minimum atomic E-state index is -0.223. The topological polar surface area (TPSA) is 62.6 Å². The van der Waals surface area contributed by atoms with Crippen LogP contribution in [-0.2, 0) is 9.53 Å². The normalized spacial score (nSPS) is 9.58. The van der Waals surface area contributed by atoms with Gasteiger partial charge in [0.2, 0.25) is 0 Å². The van der Waals surface area contributed by atoms with Crippen molar-refractivity contribution >= 4 is 11.7 Å². The molecule has 0 spiro atoms. The van der Waals surface area contributed by atoms with Crippen LogP contribution in [0, 0.1) is 11.3 Å². The minimum absolute atomic E-state index is 0.223. The van der Waals surface area contributed by atoms with E-state index < -0.39 is 0 Å². The van der Waals surface area contributed by atoms with Crippen LogP contribution in [0.2, 0.25) is 0 Å². The molecule has 0 amide bonds. The highest BCUT2D eigenvalue weighted by atomic mass is 16.5. The molecule has 0 aliphatic rings. The summed E-state index contributed by atoms with van der Waals surface area (Å²) in [7, 11) is 4.84. The van der Waals surface area contributed by atoms with Gasteiger partial charge in [-0.3, -0.25) is 4.79 Å². The molecule has 0 bridgehead atoms. The maximum atomic E-state index is 11.0. The van der Waals surface area contributed by atoms with Gasteiger partial charge >= 0.3 is 5.97 Å². The Morgan fingerprint density at radius 3 is 2.74 bits per heavy atom. The number of carbonyl (C=O) groups excluding carboxylic acids is 1. The Labute approximate surface area is 113 Å². The lowest BCUT2D eigenvalue weighted by molar-refractivity contribution is -0.140. The second kappa shape index (κ2) is 7.27. The number of hydrogen-bond donors (Lipinski definition) is 0. The van der Waals surface area contributed by atoms with Crippen molar-refractivity contribution in [2.75, 3.05) is 32.7 Å². The van der Waals surface area contributed by atoms with Crippen molar-refractivity contribution in [3.63, 3.8) is 0 Å². The molecular formula is C14H18N2O3. The van der Waals surface area contributed by atoms with E-state index >= 15 is 0 Å². The van der Waals surface area contributed by atoms with Gasteiger partial charge in [-0.1, -0.05) is 0 Å². The average molecular weight is 262 g/mol. The lowest BCUT2D eigenvalue weighted by Gasteiger charge is -2.20. The Morgan fingerprint density at radius 2 is 2.16 bits per heavy atom. The third-order valence-electron chi connectivity index (χ3n) is 2.84. The molecule has 1 aromatic rings. The molecule has 0 unspecified atom stereocenters. The predicted molar refractivity (Wildman–Crippen MR) is 72.2 cm³/mol. The molecule has 1 aromatic carbocycles. The second-order valence-corrected chi connectivity index (χ2v) is 4.10. The van der Waals surface area contributed by atoms with Crippen molar-refractivity contribution < 1.29 is 14.3 Å². The summed E-state index contributed by atoms with van der Waals surface area (Å²) in [5, 5.41) is 9.09. The predicted octanol–water partition coefficient (Wildman–Crippen LogP) is 1.96. The minimum Gasteiger partial charge on any atom is -0.497 e. The Hall–Kier alpha value is -2.22. The Bertz CT molecular complexity index is 480. The molecule has 1 rings (SSSR count). The maximum absolute atomic E-state index is 11.0. The summed E-state index contributed by atoms with van der Waals surface area (Å²) in [6.07, 6.45) is 1.04. The Morgan fingerprint density at radius 1 is 1.42 bits per heavy atom. The fraction of sp³-hybridized carbons (Fsp3) is 0.429. The van der Waals surface area contributed by atoms with E-state index in [1.54, 1.807) is 19.2 Å². The zero-order valence-electron chi connectivity index (χ0n) is 11.5. The van der Waals surface area contributed by atoms with Gasteiger partial charge in [-0.25, -0.2) is 0 Å². The van der Waals surface area contributed by atoms with Crippen molar-refractivity contribution in [2.24, 2.45) is 0 Å². The smallest absolute Gasteiger partial charge is 0.305 e. The van der Waals surface area contributed by atoms with Gasteiger partial charge < -0.3 is 14.4 Å². The van der Waals surface area contributed by atoms with Crippen LogP contribution in [0.4, 0.5) is 5.69 Å². The third kappa shape index (κ3) is 4.18. The van der Waals surface area contributed by atoms with E-state index in [9.17, 15) is 4.79 Å².